The van der Waals surface area contributed by atoms with Crippen molar-refractivity contribution in [2.24, 2.45) is 5.41 Å². The molecule has 1 saturated heterocycles. The fourth-order valence-corrected chi connectivity index (χ4v) is 4.33. The van der Waals surface area contributed by atoms with Crippen LogP contribution in [-0.4, -0.2) is 43.4 Å². The van der Waals surface area contributed by atoms with Gasteiger partial charge in [0.05, 0.1) is 4.75 Å². The Kier molecular flexibility index (Phi) is 4.22. The molecule has 2 aliphatic rings. The SMILES string of the molecule is [CH2]N1CCC2(CC1)C[C@@H](F)C[C@H]2NS(=O)(=O)C(C)(C)C. The molecule has 0 aromatic carbocycles. The lowest BCUT2D eigenvalue weighted by Gasteiger charge is -2.42. The second kappa shape index (κ2) is 5.21. The lowest BCUT2D eigenvalue weighted by atomic mass is 9.74. The number of nitrogens with one attached hydrogen (secondary N) is 1. The van der Waals surface area contributed by atoms with Gasteiger partial charge in [0.15, 0.2) is 0 Å². The van der Waals surface area contributed by atoms with Crippen LogP contribution < -0.4 is 4.72 Å². The molecule has 2 fully saturated rings. The van der Waals surface area contributed by atoms with Gasteiger partial charge in [-0.1, -0.05) is 0 Å². The zero-order chi connectivity index (χ0) is 15.2. The van der Waals surface area contributed by atoms with Crippen molar-refractivity contribution >= 4 is 10.0 Å². The first-order valence-electron chi connectivity index (χ1n) is 7.27. The van der Waals surface area contributed by atoms with E-state index >= 15 is 0 Å². The second-order valence-corrected chi connectivity index (χ2v) is 9.77. The molecule has 1 spiro atoms. The van der Waals surface area contributed by atoms with E-state index in [1.54, 1.807) is 20.8 Å². The van der Waals surface area contributed by atoms with Crippen molar-refractivity contribution in [3.8, 4) is 0 Å². The molecule has 1 radical (unpaired) electrons. The van der Waals surface area contributed by atoms with Crippen molar-refractivity contribution in [1.82, 2.24) is 9.62 Å². The van der Waals surface area contributed by atoms with E-state index in [0.717, 1.165) is 25.9 Å². The van der Waals surface area contributed by atoms with Gasteiger partial charge in [-0.3, -0.25) is 0 Å². The van der Waals surface area contributed by atoms with Crippen molar-refractivity contribution in [2.45, 2.75) is 63.4 Å². The molecule has 0 unspecified atom stereocenters. The topological polar surface area (TPSA) is 49.4 Å². The highest BCUT2D eigenvalue weighted by Gasteiger charge is 2.50. The predicted molar refractivity (Wildman–Crippen MR) is 78.3 cm³/mol. The van der Waals surface area contributed by atoms with Gasteiger partial charge in [-0.15, -0.1) is 0 Å². The minimum absolute atomic E-state index is 0.230. The second-order valence-electron chi connectivity index (χ2n) is 7.30. The molecule has 1 aliphatic carbocycles. The minimum Gasteiger partial charge on any atom is -0.302 e. The molecule has 1 heterocycles. The van der Waals surface area contributed by atoms with E-state index in [-0.39, 0.29) is 11.5 Å². The van der Waals surface area contributed by atoms with E-state index < -0.39 is 20.9 Å². The Balaban J connectivity index is 2.18. The smallest absolute Gasteiger partial charge is 0.216 e. The maximum Gasteiger partial charge on any atom is 0.216 e. The van der Waals surface area contributed by atoms with Crippen molar-refractivity contribution in [3.05, 3.63) is 7.05 Å². The molecular weight excluding hydrogens is 279 g/mol. The summed E-state index contributed by atoms with van der Waals surface area (Å²) in [5.41, 5.74) is -0.230. The summed E-state index contributed by atoms with van der Waals surface area (Å²) in [5.74, 6) is 0. The molecule has 1 saturated carbocycles. The molecule has 4 nitrogen and oxygen atoms in total. The van der Waals surface area contributed by atoms with Gasteiger partial charge in [0.2, 0.25) is 10.0 Å². The zero-order valence-electron chi connectivity index (χ0n) is 12.7. The van der Waals surface area contributed by atoms with Crippen molar-refractivity contribution < 1.29 is 12.8 Å². The third-order valence-corrected chi connectivity index (χ3v) is 7.02. The minimum atomic E-state index is -3.44. The summed E-state index contributed by atoms with van der Waals surface area (Å²) >= 11 is 0. The molecular formula is C14H26FN2O2S. The number of alkyl halides is 1. The lowest BCUT2D eigenvalue weighted by Crippen LogP contribution is -2.52. The summed E-state index contributed by atoms with van der Waals surface area (Å²) < 4.78 is 40.5. The molecule has 0 aromatic rings. The first-order chi connectivity index (χ1) is 9.06. The molecule has 0 bridgehead atoms. The monoisotopic (exact) mass is 305 g/mol. The molecule has 1 aliphatic heterocycles. The Morgan fingerprint density at radius 2 is 1.85 bits per heavy atom. The van der Waals surface area contributed by atoms with Crippen molar-refractivity contribution in [1.29, 1.82) is 0 Å². The Labute approximate surface area is 122 Å². The van der Waals surface area contributed by atoms with Crippen LogP contribution in [0.4, 0.5) is 4.39 Å². The molecule has 20 heavy (non-hydrogen) atoms. The zero-order valence-corrected chi connectivity index (χ0v) is 13.5. The van der Waals surface area contributed by atoms with Crippen molar-refractivity contribution in [2.75, 3.05) is 13.1 Å². The summed E-state index contributed by atoms with van der Waals surface area (Å²) in [6, 6.07) is -0.282. The fourth-order valence-electron chi connectivity index (χ4n) is 3.26. The largest absolute Gasteiger partial charge is 0.302 e. The number of piperidine rings is 1. The van der Waals surface area contributed by atoms with E-state index in [1.165, 1.54) is 0 Å². The number of rotatable bonds is 2. The van der Waals surface area contributed by atoms with Crippen LogP contribution in [0.1, 0.15) is 46.5 Å². The highest BCUT2D eigenvalue weighted by molar-refractivity contribution is 7.90. The first kappa shape index (κ1) is 16.2. The molecule has 1 N–H and O–H groups in total. The van der Waals surface area contributed by atoms with Gasteiger partial charge < -0.3 is 4.90 Å². The van der Waals surface area contributed by atoms with E-state index in [1.807, 2.05) is 4.90 Å². The van der Waals surface area contributed by atoms with Crippen LogP contribution in [0.15, 0.2) is 0 Å². The maximum atomic E-state index is 13.9. The van der Waals surface area contributed by atoms with E-state index in [9.17, 15) is 12.8 Å². The van der Waals surface area contributed by atoms with E-state index in [4.69, 9.17) is 0 Å². The number of sulfonamides is 1. The summed E-state index contributed by atoms with van der Waals surface area (Å²) in [5, 5.41) is 0. The summed E-state index contributed by atoms with van der Waals surface area (Å²) in [6.07, 6.45) is 1.49. The van der Waals surface area contributed by atoms with Crippen LogP contribution in [0, 0.1) is 12.5 Å². The van der Waals surface area contributed by atoms with Gasteiger partial charge in [-0.2, -0.15) is 0 Å². The molecule has 2 rings (SSSR count). The summed E-state index contributed by atoms with van der Waals surface area (Å²) in [6.45, 7) is 6.62. The lowest BCUT2D eigenvalue weighted by molar-refractivity contribution is 0.110. The third kappa shape index (κ3) is 3.02. The van der Waals surface area contributed by atoms with Crippen LogP contribution in [0.25, 0.3) is 0 Å². The summed E-state index contributed by atoms with van der Waals surface area (Å²) in [7, 11) is 0.472. The average Bonchev–Trinajstić information content (AvgIpc) is 2.57. The first-order valence-corrected chi connectivity index (χ1v) is 8.75. The van der Waals surface area contributed by atoms with Gasteiger partial charge in [-0.25, -0.2) is 17.5 Å². The summed E-state index contributed by atoms with van der Waals surface area (Å²) in [4.78, 5) is 1.98. The fraction of sp³-hybridized carbons (Fsp3) is 0.929. The Bertz CT molecular complexity index is 450. The number of halogens is 1. The normalized spacial score (nSPS) is 31.9. The quantitative estimate of drug-likeness (QED) is 0.850. The number of hydrogen-bond donors (Lipinski definition) is 1. The third-order valence-electron chi connectivity index (χ3n) is 4.81. The van der Waals surface area contributed by atoms with Crippen LogP contribution >= 0.6 is 0 Å². The Morgan fingerprint density at radius 1 is 1.30 bits per heavy atom. The highest BCUT2D eigenvalue weighted by Crippen LogP contribution is 2.48. The number of hydrogen-bond acceptors (Lipinski definition) is 3. The molecule has 0 amide bonds. The van der Waals surface area contributed by atoms with Gasteiger partial charge in [0, 0.05) is 13.1 Å². The molecule has 0 aromatic heterocycles. The van der Waals surface area contributed by atoms with Crippen LogP contribution in [0.5, 0.6) is 0 Å². The molecule has 117 valence electrons. The molecule has 6 heteroatoms. The van der Waals surface area contributed by atoms with E-state index in [2.05, 4.69) is 11.8 Å². The van der Waals surface area contributed by atoms with Gasteiger partial charge in [0.1, 0.15) is 6.17 Å². The van der Waals surface area contributed by atoms with Crippen LogP contribution in [-0.2, 0) is 10.0 Å². The Hall–Kier alpha value is -0.200. The van der Waals surface area contributed by atoms with Crippen LogP contribution in [0.2, 0.25) is 0 Å². The average molecular weight is 305 g/mol. The number of nitrogens with zero attached hydrogens (tertiary/aromatic N) is 1. The van der Waals surface area contributed by atoms with Crippen molar-refractivity contribution in [3.63, 3.8) is 0 Å². The maximum absolute atomic E-state index is 13.9. The predicted octanol–water partition coefficient (Wildman–Crippen LogP) is 2.08. The van der Waals surface area contributed by atoms with Gasteiger partial charge in [0.25, 0.3) is 0 Å². The molecule has 2 atom stereocenters. The standard InChI is InChI=1S/C14H26FN2O2S/c1-13(2,3)20(18,19)16-12-9-11(15)10-14(12)5-7-17(4)8-6-14/h11-12,16H,4-10H2,1-3H3/t11-,12+/m0/s1. The number of likely N-dealkylation sites (tertiary alicyclic amines) is 1. The van der Waals surface area contributed by atoms with Crippen LogP contribution in [0.3, 0.4) is 0 Å². The highest BCUT2D eigenvalue weighted by atomic mass is 32.2. The Morgan fingerprint density at radius 3 is 2.35 bits per heavy atom. The van der Waals surface area contributed by atoms with Gasteiger partial charge >= 0.3 is 0 Å². The van der Waals surface area contributed by atoms with Gasteiger partial charge in [-0.05, 0) is 65.0 Å². The van der Waals surface area contributed by atoms with E-state index in [0.29, 0.717) is 12.8 Å².